The molecule has 4 nitrogen and oxygen atoms in total. The number of halogens is 2. The average molecular weight is 453 g/mol. The second kappa shape index (κ2) is 10.2. The van der Waals surface area contributed by atoms with Gasteiger partial charge in [0.15, 0.2) is 5.96 Å². The Hall–Kier alpha value is -0.600. The minimum absolute atomic E-state index is 0. The van der Waals surface area contributed by atoms with Gasteiger partial charge in [-0.3, -0.25) is 4.99 Å². The van der Waals surface area contributed by atoms with Crippen LogP contribution in [0.4, 0.5) is 0 Å². The van der Waals surface area contributed by atoms with E-state index in [1.807, 2.05) is 36.2 Å². The Morgan fingerprint density at radius 1 is 1.32 bits per heavy atom. The molecule has 0 atom stereocenters. The minimum Gasteiger partial charge on any atom is -0.361 e. The number of nitrogens with zero attached hydrogens (tertiary/aromatic N) is 1. The molecular formula is C15H22ClIN4S. The van der Waals surface area contributed by atoms with Gasteiger partial charge < -0.3 is 15.6 Å². The van der Waals surface area contributed by atoms with Crippen LogP contribution >= 0.6 is 47.3 Å². The maximum absolute atomic E-state index is 6.06. The maximum Gasteiger partial charge on any atom is 0.191 e. The lowest BCUT2D eigenvalue weighted by Crippen LogP contribution is -2.39. The smallest absolute Gasteiger partial charge is 0.191 e. The SMILES string of the molecule is CN=C(NCCSC)NCCc1c[nH]c2ccc(Cl)cc12.I. The Balaban J connectivity index is 0.00000242. The van der Waals surface area contributed by atoms with Gasteiger partial charge in [-0.2, -0.15) is 11.8 Å². The molecular weight excluding hydrogens is 431 g/mol. The van der Waals surface area contributed by atoms with Crippen LogP contribution in [-0.2, 0) is 6.42 Å². The number of hydrogen-bond donors (Lipinski definition) is 3. The predicted octanol–water partition coefficient (Wildman–Crippen LogP) is 3.51. The number of hydrogen-bond acceptors (Lipinski definition) is 2. The van der Waals surface area contributed by atoms with Gasteiger partial charge >= 0.3 is 0 Å². The minimum atomic E-state index is 0. The number of benzene rings is 1. The zero-order chi connectivity index (χ0) is 15.1. The summed E-state index contributed by atoms with van der Waals surface area (Å²) < 4.78 is 0. The van der Waals surface area contributed by atoms with E-state index in [1.165, 1.54) is 10.9 Å². The molecule has 0 radical (unpaired) electrons. The molecule has 0 aliphatic heterocycles. The molecule has 22 heavy (non-hydrogen) atoms. The van der Waals surface area contributed by atoms with Gasteiger partial charge in [0.2, 0.25) is 0 Å². The van der Waals surface area contributed by atoms with Crippen molar-refractivity contribution >= 4 is 64.2 Å². The Labute approximate surface area is 157 Å². The van der Waals surface area contributed by atoms with E-state index in [2.05, 4.69) is 26.9 Å². The second-order valence-corrected chi connectivity index (χ2v) is 6.09. The van der Waals surface area contributed by atoms with Gasteiger partial charge in [0, 0.05) is 48.0 Å². The number of guanidine groups is 1. The molecule has 2 aromatic rings. The molecule has 1 heterocycles. The first kappa shape index (κ1) is 19.4. The van der Waals surface area contributed by atoms with E-state index in [1.54, 1.807) is 7.05 Å². The number of H-pyrrole nitrogens is 1. The third kappa shape index (κ3) is 5.55. The van der Waals surface area contributed by atoms with Crippen molar-refractivity contribution in [3.05, 3.63) is 35.0 Å². The van der Waals surface area contributed by atoms with Crippen molar-refractivity contribution in [2.75, 3.05) is 32.1 Å². The first-order chi connectivity index (χ1) is 10.2. The van der Waals surface area contributed by atoms with Crippen molar-refractivity contribution < 1.29 is 0 Å². The molecule has 0 aliphatic rings. The van der Waals surface area contributed by atoms with Crippen LogP contribution in [0, 0.1) is 0 Å². The Kier molecular flexibility index (Phi) is 9.04. The molecule has 1 aromatic carbocycles. The lowest BCUT2D eigenvalue weighted by Gasteiger charge is -2.11. The van der Waals surface area contributed by atoms with Gasteiger partial charge in [-0.1, -0.05) is 11.6 Å². The van der Waals surface area contributed by atoms with E-state index in [0.717, 1.165) is 41.8 Å². The molecule has 0 saturated carbocycles. The molecule has 0 saturated heterocycles. The normalized spacial score (nSPS) is 11.3. The van der Waals surface area contributed by atoms with E-state index >= 15 is 0 Å². The number of fused-ring (bicyclic) bond motifs is 1. The molecule has 0 spiro atoms. The van der Waals surface area contributed by atoms with Crippen LogP contribution in [0.25, 0.3) is 10.9 Å². The van der Waals surface area contributed by atoms with Crippen molar-refractivity contribution in [2.24, 2.45) is 4.99 Å². The van der Waals surface area contributed by atoms with Crippen molar-refractivity contribution in [1.82, 2.24) is 15.6 Å². The summed E-state index contributed by atoms with van der Waals surface area (Å²) in [7, 11) is 1.79. The molecule has 0 unspecified atom stereocenters. The fraction of sp³-hybridized carbons (Fsp3) is 0.400. The molecule has 122 valence electrons. The third-order valence-corrected chi connectivity index (χ3v) is 4.09. The summed E-state index contributed by atoms with van der Waals surface area (Å²) in [4.78, 5) is 7.49. The fourth-order valence-electron chi connectivity index (χ4n) is 2.17. The van der Waals surface area contributed by atoms with Gasteiger partial charge in [0.1, 0.15) is 0 Å². The second-order valence-electron chi connectivity index (χ2n) is 4.67. The van der Waals surface area contributed by atoms with Crippen molar-refractivity contribution in [1.29, 1.82) is 0 Å². The summed E-state index contributed by atoms with van der Waals surface area (Å²) in [6.45, 7) is 1.75. The van der Waals surface area contributed by atoms with E-state index in [-0.39, 0.29) is 24.0 Å². The summed E-state index contributed by atoms with van der Waals surface area (Å²) in [5.74, 6) is 1.92. The van der Waals surface area contributed by atoms with Crippen LogP contribution < -0.4 is 10.6 Å². The quantitative estimate of drug-likeness (QED) is 0.272. The number of aromatic nitrogens is 1. The highest BCUT2D eigenvalue weighted by atomic mass is 127. The van der Waals surface area contributed by atoms with Crippen LogP contribution in [-0.4, -0.2) is 43.1 Å². The Morgan fingerprint density at radius 3 is 2.82 bits per heavy atom. The maximum atomic E-state index is 6.06. The Bertz CT molecular complexity index is 615. The van der Waals surface area contributed by atoms with Crippen molar-refractivity contribution in [3.63, 3.8) is 0 Å². The third-order valence-electron chi connectivity index (χ3n) is 3.24. The van der Waals surface area contributed by atoms with Gasteiger partial charge in [0.05, 0.1) is 0 Å². The number of thioether (sulfide) groups is 1. The predicted molar refractivity (Wildman–Crippen MR) is 110 cm³/mol. The first-order valence-corrected chi connectivity index (χ1v) is 8.70. The van der Waals surface area contributed by atoms with Crippen LogP contribution in [0.5, 0.6) is 0 Å². The standard InChI is InChI=1S/C15H21ClN4S.HI/c1-17-15(19-7-8-21-2)18-6-5-11-10-20-14-4-3-12(16)9-13(11)14;/h3-4,9-10,20H,5-8H2,1-2H3,(H2,17,18,19);1H. The van der Waals surface area contributed by atoms with Crippen LogP contribution in [0.3, 0.4) is 0 Å². The molecule has 0 bridgehead atoms. The molecule has 2 rings (SSSR count). The summed E-state index contributed by atoms with van der Waals surface area (Å²) in [6, 6.07) is 5.92. The number of rotatable bonds is 6. The highest BCUT2D eigenvalue weighted by Gasteiger charge is 2.04. The Morgan fingerprint density at radius 2 is 2.09 bits per heavy atom. The lowest BCUT2D eigenvalue weighted by atomic mass is 10.1. The zero-order valence-electron chi connectivity index (χ0n) is 12.8. The summed E-state index contributed by atoms with van der Waals surface area (Å²) in [5, 5.41) is 8.57. The van der Waals surface area contributed by atoms with Crippen molar-refractivity contribution in [2.45, 2.75) is 6.42 Å². The molecule has 0 amide bonds. The van der Waals surface area contributed by atoms with E-state index in [4.69, 9.17) is 11.6 Å². The molecule has 0 fully saturated rings. The first-order valence-electron chi connectivity index (χ1n) is 6.93. The van der Waals surface area contributed by atoms with Crippen LogP contribution in [0.1, 0.15) is 5.56 Å². The van der Waals surface area contributed by atoms with Gasteiger partial charge in [-0.15, -0.1) is 24.0 Å². The van der Waals surface area contributed by atoms with Gasteiger partial charge in [-0.25, -0.2) is 0 Å². The average Bonchev–Trinajstić information content (AvgIpc) is 2.88. The fourth-order valence-corrected chi connectivity index (χ4v) is 2.64. The topological polar surface area (TPSA) is 52.2 Å². The summed E-state index contributed by atoms with van der Waals surface area (Å²) >= 11 is 7.88. The lowest BCUT2D eigenvalue weighted by molar-refractivity contribution is 0.814. The highest BCUT2D eigenvalue weighted by Crippen LogP contribution is 2.22. The highest BCUT2D eigenvalue weighted by molar-refractivity contribution is 14.0. The molecule has 1 aromatic heterocycles. The number of nitrogens with one attached hydrogen (secondary N) is 3. The zero-order valence-corrected chi connectivity index (χ0v) is 16.7. The monoisotopic (exact) mass is 452 g/mol. The number of aromatic amines is 1. The number of aliphatic imine (C=N–C) groups is 1. The van der Waals surface area contributed by atoms with Gasteiger partial charge in [0.25, 0.3) is 0 Å². The van der Waals surface area contributed by atoms with Crippen LogP contribution in [0.15, 0.2) is 29.4 Å². The van der Waals surface area contributed by atoms with Crippen LogP contribution in [0.2, 0.25) is 5.02 Å². The summed E-state index contributed by atoms with van der Waals surface area (Å²) in [6.07, 6.45) is 5.07. The van der Waals surface area contributed by atoms with E-state index in [9.17, 15) is 0 Å². The van der Waals surface area contributed by atoms with Gasteiger partial charge in [-0.05, 0) is 36.4 Å². The summed E-state index contributed by atoms with van der Waals surface area (Å²) in [5.41, 5.74) is 2.39. The van der Waals surface area contributed by atoms with Crippen molar-refractivity contribution in [3.8, 4) is 0 Å². The van der Waals surface area contributed by atoms with E-state index < -0.39 is 0 Å². The molecule has 0 aliphatic carbocycles. The molecule has 3 N–H and O–H groups in total. The van der Waals surface area contributed by atoms with E-state index in [0.29, 0.717) is 0 Å². The largest absolute Gasteiger partial charge is 0.361 e. The molecule has 7 heteroatoms.